The minimum absolute atomic E-state index is 0.0130. The van der Waals surface area contributed by atoms with Crippen LogP contribution in [0.4, 0.5) is 4.79 Å². The van der Waals surface area contributed by atoms with Crippen molar-refractivity contribution in [3.05, 3.63) is 53.6 Å². The van der Waals surface area contributed by atoms with Crippen LogP contribution in [0.5, 0.6) is 0 Å². The van der Waals surface area contributed by atoms with Crippen LogP contribution in [-0.4, -0.2) is 50.9 Å². The van der Waals surface area contributed by atoms with Crippen molar-refractivity contribution >= 4 is 18.0 Å². The molecule has 1 atom stereocenters. The fourth-order valence-electron chi connectivity index (χ4n) is 3.06. The summed E-state index contributed by atoms with van der Waals surface area (Å²) in [7, 11) is 0. The molecule has 0 aliphatic carbocycles. The van der Waals surface area contributed by atoms with Crippen LogP contribution in [0.2, 0.25) is 0 Å². The van der Waals surface area contributed by atoms with E-state index in [4.69, 9.17) is 14.7 Å². The van der Waals surface area contributed by atoms with Crippen LogP contribution >= 0.6 is 0 Å². The van der Waals surface area contributed by atoms with E-state index < -0.39 is 18.0 Å². The van der Waals surface area contributed by atoms with E-state index in [1.54, 1.807) is 0 Å². The molecule has 0 saturated heterocycles. The van der Waals surface area contributed by atoms with Gasteiger partial charge in [0.2, 0.25) is 0 Å². The van der Waals surface area contributed by atoms with Crippen molar-refractivity contribution in [3.63, 3.8) is 0 Å². The molecule has 28 heavy (non-hydrogen) atoms. The van der Waals surface area contributed by atoms with E-state index in [0.717, 1.165) is 16.7 Å². The number of amides is 1. The van der Waals surface area contributed by atoms with Gasteiger partial charge in [-0.05, 0) is 12.0 Å². The van der Waals surface area contributed by atoms with Gasteiger partial charge in [-0.15, -0.1) is 0 Å². The number of esters is 1. The van der Waals surface area contributed by atoms with Crippen molar-refractivity contribution in [1.82, 2.24) is 14.6 Å². The first-order chi connectivity index (χ1) is 13.5. The number of hydrogen-bond acceptors (Lipinski definition) is 6. The number of benzene rings is 1. The summed E-state index contributed by atoms with van der Waals surface area (Å²) in [5.41, 5.74) is 2.08. The van der Waals surface area contributed by atoms with Crippen LogP contribution in [-0.2, 0) is 27.3 Å². The Morgan fingerprint density at radius 3 is 2.64 bits per heavy atom. The fourth-order valence-corrected chi connectivity index (χ4v) is 3.06. The Labute approximate surface area is 161 Å². The molecule has 9 heteroatoms. The van der Waals surface area contributed by atoms with Crippen molar-refractivity contribution in [1.29, 1.82) is 0 Å². The average Bonchev–Trinajstić information content (AvgIpc) is 3.11. The topological polar surface area (TPSA) is 111 Å². The molecule has 3 rings (SSSR count). The first-order valence-electron chi connectivity index (χ1n) is 8.97. The first kappa shape index (κ1) is 19.4. The average molecular weight is 387 g/mol. The third-order valence-electron chi connectivity index (χ3n) is 4.67. The summed E-state index contributed by atoms with van der Waals surface area (Å²) in [5.74, 6) is -2.25. The molecule has 0 spiro atoms. The fraction of sp³-hybridized carbons (Fsp3) is 0.368. The molecule has 148 valence electrons. The molecule has 1 unspecified atom stereocenters. The maximum atomic E-state index is 12.1. The SMILES string of the molecule is CCC(COC(=O)C(=O)On1cnc2c1CCN(C(=O)O)C2)c1ccccc1. The zero-order valence-corrected chi connectivity index (χ0v) is 15.4. The van der Waals surface area contributed by atoms with E-state index in [9.17, 15) is 14.4 Å². The van der Waals surface area contributed by atoms with E-state index >= 15 is 0 Å². The Kier molecular flexibility index (Phi) is 5.93. The van der Waals surface area contributed by atoms with Crippen LogP contribution in [0.25, 0.3) is 0 Å². The molecule has 1 aromatic carbocycles. The van der Waals surface area contributed by atoms with Crippen LogP contribution in [0.3, 0.4) is 0 Å². The lowest BCUT2D eigenvalue weighted by Crippen LogP contribution is -2.37. The van der Waals surface area contributed by atoms with E-state index in [2.05, 4.69) is 4.98 Å². The number of hydrogen-bond donors (Lipinski definition) is 1. The molecular weight excluding hydrogens is 366 g/mol. The van der Waals surface area contributed by atoms with E-state index in [0.29, 0.717) is 17.8 Å². The van der Waals surface area contributed by atoms with Gasteiger partial charge in [0, 0.05) is 18.9 Å². The summed E-state index contributed by atoms with van der Waals surface area (Å²) in [4.78, 5) is 45.4. The lowest BCUT2D eigenvalue weighted by atomic mass is 9.98. The Morgan fingerprint density at radius 2 is 1.96 bits per heavy atom. The highest BCUT2D eigenvalue weighted by Gasteiger charge is 2.27. The summed E-state index contributed by atoms with van der Waals surface area (Å²) >= 11 is 0. The van der Waals surface area contributed by atoms with E-state index in [-0.39, 0.29) is 25.6 Å². The number of carbonyl (C=O) groups is 3. The van der Waals surface area contributed by atoms with E-state index in [1.807, 2.05) is 37.3 Å². The molecule has 2 aromatic rings. The van der Waals surface area contributed by atoms with Crippen molar-refractivity contribution < 1.29 is 29.1 Å². The highest BCUT2D eigenvalue weighted by molar-refractivity contribution is 6.29. The molecule has 1 aliphatic heterocycles. The van der Waals surface area contributed by atoms with Crippen LogP contribution < -0.4 is 4.84 Å². The molecule has 0 fully saturated rings. The highest BCUT2D eigenvalue weighted by Crippen LogP contribution is 2.20. The normalized spacial score (nSPS) is 14.1. The standard InChI is InChI=1S/C19H21N3O6/c1-2-13(14-6-4-3-5-7-14)11-27-17(23)18(24)28-22-12-20-15-10-21(19(25)26)9-8-16(15)22/h3-7,12-13H,2,8-11H2,1H3,(H,25,26). The van der Waals surface area contributed by atoms with Gasteiger partial charge in [-0.1, -0.05) is 37.3 Å². The Balaban J connectivity index is 1.57. The molecule has 1 amide bonds. The zero-order chi connectivity index (χ0) is 20.1. The third kappa shape index (κ3) is 4.30. The minimum atomic E-state index is -1.15. The number of fused-ring (bicyclic) bond motifs is 1. The van der Waals surface area contributed by atoms with Gasteiger partial charge in [0.25, 0.3) is 0 Å². The van der Waals surface area contributed by atoms with Gasteiger partial charge < -0.3 is 19.6 Å². The monoisotopic (exact) mass is 387 g/mol. The van der Waals surface area contributed by atoms with Crippen LogP contribution in [0.15, 0.2) is 36.7 Å². The zero-order valence-electron chi connectivity index (χ0n) is 15.4. The molecule has 0 bridgehead atoms. The molecule has 1 N–H and O–H groups in total. The summed E-state index contributed by atoms with van der Waals surface area (Å²) in [6, 6.07) is 9.60. The van der Waals surface area contributed by atoms with Gasteiger partial charge in [-0.25, -0.2) is 19.4 Å². The quantitative estimate of drug-likeness (QED) is 0.613. The number of carboxylic acid groups (broad SMARTS) is 1. The Morgan fingerprint density at radius 1 is 1.21 bits per heavy atom. The van der Waals surface area contributed by atoms with Crippen LogP contribution in [0, 0.1) is 0 Å². The Hall–Kier alpha value is -3.36. The molecule has 2 heterocycles. The molecule has 0 radical (unpaired) electrons. The molecule has 1 aliphatic rings. The summed E-state index contributed by atoms with van der Waals surface area (Å²) < 4.78 is 6.22. The third-order valence-corrected chi connectivity index (χ3v) is 4.67. The van der Waals surface area contributed by atoms with Gasteiger partial charge in [-0.3, -0.25) is 0 Å². The number of nitrogens with zero attached hydrogens (tertiary/aromatic N) is 3. The van der Waals surface area contributed by atoms with Gasteiger partial charge in [-0.2, -0.15) is 4.73 Å². The molecule has 9 nitrogen and oxygen atoms in total. The van der Waals surface area contributed by atoms with Gasteiger partial charge >= 0.3 is 18.0 Å². The number of aromatic nitrogens is 2. The van der Waals surface area contributed by atoms with E-state index in [1.165, 1.54) is 11.2 Å². The second-order valence-electron chi connectivity index (χ2n) is 6.41. The Bertz CT molecular complexity index is 864. The van der Waals surface area contributed by atoms with Crippen molar-refractivity contribution in [2.24, 2.45) is 0 Å². The van der Waals surface area contributed by atoms with Crippen molar-refractivity contribution in [2.45, 2.75) is 32.2 Å². The first-order valence-corrected chi connectivity index (χ1v) is 8.97. The summed E-state index contributed by atoms with van der Waals surface area (Å²) in [6.07, 6.45) is 1.29. The van der Waals surface area contributed by atoms with Crippen molar-refractivity contribution in [3.8, 4) is 0 Å². The smallest absolute Gasteiger partial charge is 0.442 e. The minimum Gasteiger partial charge on any atom is -0.465 e. The number of carbonyl (C=O) groups excluding carboxylic acids is 2. The predicted molar refractivity (Wildman–Crippen MR) is 96.4 cm³/mol. The predicted octanol–water partition coefficient (Wildman–Crippen LogP) is 1.61. The second-order valence-corrected chi connectivity index (χ2v) is 6.41. The van der Waals surface area contributed by atoms with Crippen molar-refractivity contribution in [2.75, 3.05) is 13.2 Å². The number of imidazole rings is 1. The summed E-state index contributed by atoms with van der Waals surface area (Å²) in [5, 5.41) is 9.04. The maximum absolute atomic E-state index is 12.1. The molecule has 1 aromatic heterocycles. The summed E-state index contributed by atoms with van der Waals surface area (Å²) in [6.45, 7) is 2.41. The maximum Gasteiger partial charge on any atom is 0.442 e. The van der Waals surface area contributed by atoms with Crippen LogP contribution in [0.1, 0.15) is 36.2 Å². The second kappa shape index (κ2) is 8.55. The highest BCUT2D eigenvalue weighted by atomic mass is 16.7. The lowest BCUT2D eigenvalue weighted by molar-refractivity contribution is -0.168. The lowest BCUT2D eigenvalue weighted by Gasteiger charge is -2.23. The molecular formula is C19H21N3O6. The van der Waals surface area contributed by atoms with Gasteiger partial charge in [0.1, 0.15) is 6.33 Å². The van der Waals surface area contributed by atoms with Gasteiger partial charge in [0.15, 0.2) is 0 Å². The number of ether oxygens (including phenoxy) is 1. The largest absolute Gasteiger partial charge is 0.465 e. The number of rotatable bonds is 5. The van der Waals surface area contributed by atoms with Gasteiger partial charge in [0.05, 0.1) is 24.5 Å². The molecule has 0 saturated carbocycles.